The summed E-state index contributed by atoms with van der Waals surface area (Å²) in [7, 11) is 1.81. The normalized spacial score (nSPS) is 10.5. The van der Waals surface area contributed by atoms with Gasteiger partial charge in [0.25, 0.3) is 5.91 Å². The minimum atomic E-state index is -0.0986. The Bertz CT molecular complexity index is 736. The number of nitrogens with one attached hydrogen (secondary N) is 1. The Hall–Kier alpha value is -2.54. The molecule has 0 saturated carbocycles. The predicted octanol–water partition coefficient (Wildman–Crippen LogP) is 1.87. The molecule has 0 spiro atoms. The number of nitrogens with zero attached hydrogens (tertiary/aromatic N) is 4. The molecule has 3 rings (SSSR count). The highest BCUT2D eigenvalue weighted by molar-refractivity contribution is 7.12. The van der Waals surface area contributed by atoms with E-state index < -0.39 is 0 Å². The number of aromatic nitrogens is 4. The molecule has 0 atom stereocenters. The van der Waals surface area contributed by atoms with Gasteiger partial charge in [0.05, 0.1) is 11.4 Å². The van der Waals surface area contributed by atoms with Gasteiger partial charge in [-0.15, -0.1) is 11.3 Å². The van der Waals surface area contributed by atoms with Gasteiger partial charge in [-0.05, 0) is 23.6 Å². The number of aryl methyl sites for hydroxylation is 1. The van der Waals surface area contributed by atoms with Gasteiger partial charge in [0.15, 0.2) is 5.82 Å². The number of hydrogen-bond acceptors (Lipinski definition) is 5. The first-order valence-electron chi connectivity index (χ1n) is 6.36. The third-order valence-electron chi connectivity index (χ3n) is 2.94. The average molecular weight is 299 g/mol. The van der Waals surface area contributed by atoms with Crippen molar-refractivity contribution in [2.45, 2.75) is 6.54 Å². The van der Waals surface area contributed by atoms with Crippen LogP contribution in [0.1, 0.15) is 15.5 Å². The molecule has 1 N–H and O–H groups in total. The second kappa shape index (κ2) is 5.84. The van der Waals surface area contributed by atoms with Crippen molar-refractivity contribution in [3.63, 3.8) is 0 Å². The molecule has 1 amide bonds. The second-order valence-corrected chi connectivity index (χ2v) is 5.32. The van der Waals surface area contributed by atoms with Gasteiger partial charge in [0.1, 0.15) is 5.82 Å². The molecule has 0 saturated heterocycles. The molecule has 0 fully saturated rings. The van der Waals surface area contributed by atoms with Gasteiger partial charge < -0.3 is 5.32 Å². The molecule has 3 aromatic heterocycles. The zero-order valence-electron chi connectivity index (χ0n) is 11.4. The molecule has 0 aliphatic carbocycles. The molecule has 3 aromatic rings. The van der Waals surface area contributed by atoms with E-state index in [0.29, 0.717) is 23.1 Å². The molecule has 6 nitrogen and oxygen atoms in total. The lowest BCUT2D eigenvalue weighted by molar-refractivity contribution is 0.0953. The smallest absolute Gasteiger partial charge is 0.261 e. The third kappa shape index (κ3) is 2.97. The maximum atomic E-state index is 11.9. The fourth-order valence-corrected chi connectivity index (χ4v) is 2.49. The number of pyridine rings is 1. The van der Waals surface area contributed by atoms with E-state index >= 15 is 0 Å². The van der Waals surface area contributed by atoms with E-state index in [1.165, 1.54) is 11.3 Å². The van der Waals surface area contributed by atoms with E-state index in [-0.39, 0.29) is 5.91 Å². The van der Waals surface area contributed by atoms with Crippen LogP contribution in [-0.2, 0) is 13.6 Å². The Morgan fingerprint density at radius 3 is 2.86 bits per heavy atom. The first-order chi connectivity index (χ1) is 10.2. The first kappa shape index (κ1) is 13.4. The quantitative estimate of drug-likeness (QED) is 0.798. The Labute approximate surface area is 125 Å². The third-order valence-corrected chi connectivity index (χ3v) is 3.81. The van der Waals surface area contributed by atoms with Crippen LogP contribution in [0, 0.1) is 0 Å². The van der Waals surface area contributed by atoms with Crippen LogP contribution in [0.3, 0.4) is 0 Å². The lowest BCUT2D eigenvalue weighted by atomic mass is 10.2. The summed E-state index contributed by atoms with van der Waals surface area (Å²) in [4.78, 5) is 21.0. The summed E-state index contributed by atoms with van der Waals surface area (Å²) in [6.07, 6.45) is 3.40. The molecule has 3 heterocycles. The molecule has 0 aliphatic heterocycles. The van der Waals surface area contributed by atoms with Crippen LogP contribution in [0.2, 0.25) is 0 Å². The number of amides is 1. The van der Waals surface area contributed by atoms with Gasteiger partial charge in [-0.3, -0.25) is 14.5 Å². The summed E-state index contributed by atoms with van der Waals surface area (Å²) in [6, 6.07) is 7.34. The highest BCUT2D eigenvalue weighted by atomic mass is 32.1. The summed E-state index contributed by atoms with van der Waals surface area (Å²) >= 11 is 1.41. The number of carbonyl (C=O) groups excluding carboxylic acids is 1. The fourth-order valence-electron chi connectivity index (χ4n) is 1.85. The lowest BCUT2D eigenvalue weighted by Crippen LogP contribution is -2.23. The van der Waals surface area contributed by atoms with Crippen molar-refractivity contribution >= 4 is 17.2 Å². The largest absolute Gasteiger partial charge is 0.344 e. The molecule has 106 valence electrons. The average Bonchev–Trinajstić information content (AvgIpc) is 3.16. The van der Waals surface area contributed by atoms with Crippen LogP contribution in [0.25, 0.3) is 11.4 Å². The van der Waals surface area contributed by atoms with Gasteiger partial charge in [-0.1, -0.05) is 6.07 Å². The van der Waals surface area contributed by atoms with Crippen molar-refractivity contribution in [1.29, 1.82) is 0 Å². The van der Waals surface area contributed by atoms with Gasteiger partial charge >= 0.3 is 0 Å². The highest BCUT2D eigenvalue weighted by Crippen LogP contribution is 2.14. The Kier molecular flexibility index (Phi) is 3.74. The monoisotopic (exact) mass is 299 g/mol. The van der Waals surface area contributed by atoms with Gasteiger partial charge in [0, 0.05) is 25.0 Å². The maximum absolute atomic E-state index is 11.9. The van der Waals surface area contributed by atoms with Gasteiger partial charge in [0.2, 0.25) is 0 Å². The molecule has 21 heavy (non-hydrogen) atoms. The van der Waals surface area contributed by atoms with Crippen LogP contribution in [-0.4, -0.2) is 25.7 Å². The van der Waals surface area contributed by atoms with Crippen LogP contribution < -0.4 is 5.32 Å². The molecule has 0 aromatic carbocycles. The molecular formula is C14H13N5OS. The molecule has 0 unspecified atom stereocenters. The lowest BCUT2D eigenvalue weighted by Gasteiger charge is -2.02. The summed E-state index contributed by atoms with van der Waals surface area (Å²) < 4.78 is 1.67. The van der Waals surface area contributed by atoms with Crippen LogP contribution in [0.5, 0.6) is 0 Å². The van der Waals surface area contributed by atoms with Crippen LogP contribution in [0.15, 0.2) is 42.0 Å². The number of rotatable bonds is 4. The predicted molar refractivity (Wildman–Crippen MR) is 79.7 cm³/mol. The summed E-state index contributed by atoms with van der Waals surface area (Å²) in [5.74, 6) is 1.23. The van der Waals surface area contributed by atoms with Crippen LogP contribution in [0.4, 0.5) is 0 Å². The van der Waals surface area contributed by atoms with E-state index in [2.05, 4.69) is 20.4 Å². The van der Waals surface area contributed by atoms with Crippen molar-refractivity contribution in [2.24, 2.45) is 7.05 Å². The number of carbonyl (C=O) groups is 1. The Balaban J connectivity index is 1.72. The second-order valence-electron chi connectivity index (χ2n) is 4.37. The standard InChI is InChI=1S/C14H13N5OS/c1-19-12(9-16-14(20)11-3-2-8-21-11)17-13(18-19)10-4-6-15-7-5-10/h2-8H,9H2,1H3,(H,16,20). The molecule has 0 radical (unpaired) electrons. The summed E-state index contributed by atoms with van der Waals surface area (Å²) in [5.41, 5.74) is 0.899. The minimum Gasteiger partial charge on any atom is -0.344 e. The van der Waals surface area contributed by atoms with E-state index in [4.69, 9.17) is 0 Å². The SMILES string of the molecule is Cn1nc(-c2ccncc2)nc1CNC(=O)c1cccs1. The van der Waals surface area contributed by atoms with Gasteiger partial charge in [-0.25, -0.2) is 4.98 Å². The van der Waals surface area contributed by atoms with E-state index in [9.17, 15) is 4.79 Å². The van der Waals surface area contributed by atoms with Crippen molar-refractivity contribution in [1.82, 2.24) is 25.1 Å². The summed E-state index contributed by atoms with van der Waals surface area (Å²) in [5, 5.41) is 9.07. The number of hydrogen-bond donors (Lipinski definition) is 1. The van der Waals surface area contributed by atoms with Crippen molar-refractivity contribution in [3.8, 4) is 11.4 Å². The molecule has 7 heteroatoms. The summed E-state index contributed by atoms with van der Waals surface area (Å²) in [6.45, 7) is 0.339. The van der Waals surface area contributed by atoms with Crippen molar-refractivity contribution in [3.05, 3.63) is 52.7 Å². The van der Waals surface area contributed by atoms with Crippen molar-refractivity contribution < 1.29 is 4.79 Å². The Morgan fingerprint density at radius 2 is 2.14 bits per heavy atom. The zero-order chi connectivity index (χ0) is 14.7. The maximum Gasteiger partial charge on any atom is 0.261 e. The van der Waals surface area contributed by atoms with Crippen molar-refractivity contribution in [2.75, 3.05) is 0 Å². The minimum absolute atomic E-state index is 0.0986. The molecular weight excluding hydrogens is 286 g/mol. The fraction of sp³-hybridized carbons (Fsp3) is 0.143. The van der Waals surface area contributed by atoms with Gasteiger partial charge in [-0.2, -0.15) is 5.10 Å². The molecule has 0 bridgehead atoms. The van der Waals surface area contributed by atoms with E-state index in [1.807, 2.05) is 30.6 Å². The van der Waals surface area contributed by atoms with E-state index in [0.717, 1.165) is 5.56 Å². The number of thiophene rings is 1. The van der Waals surface area contributed by atoms with Crippen LogP contribution >= 0.6 is 11.3 Å². The zero-order valence-corrected chi connectivity index (χ0v) is 12.2. The topological polar surface area (TPSA) is 72.7 Å². The highest BCUT2D eigenvalue weighted by Gasteiger charge is 2.11. The first-order valence-corrected chi connectivity index (χ1v) is 7.24. The molecule has 0 aliphatic rings. The Morgan fingerprint density at radius 1 is 1.33 bits per heavy atom. The van der Waals surface area contributed by atoms with E-state index in [1.54, 1.807) is 23.1 Å².